The standard InChI is InChI=1S/C13H23NOS/c1-3-11(15)7-5-9-14-12(4-2)13-8-6-10-16-13/h6,8,10-12,14-15H,3-5,7,9H2,1-2H3. The van der Waals surface area contributed by atoms with Gasteiger partial charge in [-0.1, -0.05) is 19.9 Å². The van der Waals surface area contributed by atoms with Crippen LogP contribution in [-0.4, -0.2) is 17.8 Å². The summed E-state index contributed by atoms with van der Waals surface area (Å²) in [5, 5.41) is 15.1. The highest BCUT2D eigenvalue weighted by Gasteiger charge is 2.09. The highest BCUT2D eigenvalue weighted by atomic mass is 32.1. The van der Waals surface area contributed by atoms with Crippen molar-refractivity contribution in [2.45, 2.75) is 51.7 Å². The van der Waals surface area contributed by atoms with Crippen molar-refractivity contribution in [3.63, 3.8) is 0 Å². The van der Waals surface area contributed by atoms with Gasteiger partial charge < -0.3 is 10.4 Å². The molecule has 0 aliphatic rings. The number of nitrogens with one attached hydrogen (secondary N) is 1. The first-order valence-corrected chi connectivity index (χ1v) is 7.10. The van der Waals surface area contributed by atoms with Crippen LogP contribution in [0.15, 0.2) is 17.5 Å². The molecule has 0 radical (unpaired) electrons. The average molecular weight is 241 g/mol. The van der Waals surface area contributed by atoms with E-state index >= 15 is 0 Å². The second-order valence-electron chi connectivity index (χ2n) is 4.13. The number of rotatable bonds is 8. The van der Waals surface area contributed by atoms with Crippen molar-refractivity contribution in [2.24, 2.45) is 0 Å². The Morgan fingerprint density at radius 2 is 2.19 bits per heavy atom. The van der Waals surface area contributed by atoms with Crippen LogP contribution in [0.2, 0.25) is 0 Å². The topological polar surface area (TPSA) is 32.3 Å². The molecular weight excluding hydrogens is 218 g/mol. The number of thiophene rings is 1. The summed E-state index contributed by atoms with van der Waals surface area (Å²) < 4.78 is 0. The van der Waals surface area contributed by atoms with Gasteiger partial charge >= 0.3 is 0 Å². The zero-order valence-electron chi connectivity index (χ0n) is 10.3. The van der Waals surface area contributed by atoms with E-state index in [0.29, 0.717) is 6.04 Å². The summed E-state index contributed by atoms with van der Waals surface area (Å²) in [6, 6.07) is 4.77. The molecule has 0 bridgehead atoms. The van der Waals surface area contributed by atoms with E-state index in [-0.39, 0.29) is 6.10 Å². The van der Waals surface area contributed by atoms with Crippen molar-refractivity contribution in [2.75, 3.05) is 6.54 Å². The van der Waals surface area contributed by atoms with Crippen molar-refractivity contribution in [3.05, 3.63) is 22.4 Å². The first-order chi connectivity index (χ1) is 7.77. The number of hydrogen-bond acceptors (Lipinski definition) is 3. The minimum atomic E-state index is -0.122. The van der Waals surface area contributed by atoms with Gasteiger partial charge in [0.2, 0.25) is 0 Å². The van der Waals surface area contributed by atoms with Crippen LogP contribution in [-0.2, 0) is 0 Å². The van der Waals surface area contributed by atoms with Crippen molar-refractivity contribution >= 4 is 11.3 Å². The van der Waals surface area contributed by atoms with E-state index in [1.807, 2.05) is 18.3 Å². The molecule has 0 aromatic carbocycles. The Bertz CT molecular complexity index is 261. The van der Waals surface area contributed by atoms with Crippen LogP contribution in [0.4, 0.5) is 0 Å². The Hall–Kier alpha value is -0.380. The molecule has 1 aromatic rings. The van der Waals surface area contributed by atoms with Gasteiger partial charge in [0, 0.05) is 10.9 Å². The summed E-state index contributed by atoms with van der Waals surface area (Å²) in [7, 11) is 0. The summed E-state index contributed by atoms with van der Waals surface area (Å²) in [6.07, 6.45) is 3.82. The van der Waals surface area contributed by atoms with E-state index < -0.39 is 0 Å². The lowest BCUT2D eigenvalue weighted by molar-refractivity contribution is 0.157. The van der Waals surface area contributed by atoms with Gasteiger partial charge in [0.25, 0.3) is 0 Å². The van der Waals surface area contributed by atoms with E-state index in [1.165, 1.54) is 4.88 Å². The van der Waals surface area contributed by atoms with Gasteiger partial charge in [-0.25, -0.2) is 0 Å². The van der Waals surface area contributed by atoms with E-state index in [9.17, 15) is 5.11 Å². The molecule has 0 aliphatic heterocycles. The molecule has 0 amide bonds. The molecule has 3 heteroatoms. The van der Waals surface area contributed by atoms with Crippen molar-refractivity contribution in [1.29, 1.82) is 0 Å². The molecule has 0 saturated carbocycles. The van der Waals surface area contributed by atoms with Crippen molar-refractivity contribution < 1.29 is 5.11 Å². The molecule has 1 aromatic heterocycles. The molecule has 2 nitrogen and oxygen atoms in total. The number of aliphatic hydroxyl groups excluding tert-OH is 1. The maximum absolute atomic E-state index is 9.44. The Morgan fingerprint density at radius 1 is 1.38 bits per heavy atom. The monoisotopic (exact) mass is 241 g/mol. The van der Waals surface area contributed by atoms with Crippen molar-refractivity contribution in [3.8, 4) is 0 Å². The van der Waals surface area contributed by atoms with Crippen LogP contribution in [0.1, 0.15) is 50.4 Å². The summed E-state index contributed by atoms with van der Waals surface area (Å²) in [5.41, 5.74) is 0. The predicted molar refractivity (Wildman–Crippen MR) is 70.9 cm³/mol. The quantitative estimate of drug-likeness (QED) is 0.684. The fourth-order valence-corrected chi connectivity index (χ4v) is 2.64. The molecular formula is C13H23NOS. The molecule has 16 heavy (non-hydrogen) atoms. The normalized spacial score (nSPS) is 14.9. The number of aliphatic hydroxyl groups is 1. The molecule has 0 fully saturated rings. The first kappa shape index (κ1) is 13.7. The van der Waals surface area contributed by atoms with Gasteiger partial charge in [-0.3, -0.25) is 0 Å². The third-order valence-corrected chi connectivity index (χ3v) is 3.86. The molecule has 2 atom stereocenters. The van der Waals surface area contributed by atoms with Gasteiger partial charge in [-0.2, -0.15) is 0 Å². The molecule has 2 N–H and O–H groups in total. The molecule has 1 rings (SSSR count). The van der Waals surface area contributed by atoms with E-state index in [1.54, 1.807) is 0 Å². The Kier molecular flexibility index (Phi) is 6.69. The summed E-state index contributed by atoms with van der Waals surface area (Å²) in [6.45, 7) is 5.23. The van der Waals surface area contributed by atoms with Gasteiger partial charge in [0.05, 0.1) is 6.10 Å². The van der Waals surface area contributed by atoms with Crippen LogP contribution in [0, 0.1) is 0 Å². The lowest BCUT2D eigenvalue weighted by Gasteiger charge is -2.16. The molecule has 0 aliphatic carbocycles. The second-order valence-corrected chi connectivity index (χ2v) is 5.11. The highest BCUT2D eigenvalue weighted by molar-refractivity contribution is 7.10. The van der Waals surface area contributed by atoms with Gasteiger partial charge in [-0.05, 0) is 43.7 Å². The summed E-state index contributed by atoms with van der Waals surface area (Å²) in [4.78, 5) is 1.42. The molecule has 0 spiro atoms. The van der Waals surface area contributed by atoms with Gasteiger partial charge in [0.1, 0.15) is 0 Å². The average Bonchev–Trinajstić information content (AvgIpc) is 2.82. The van der Waals surface area contributed by atoms with E-state index in [2.05, 4.69) is 29.8 Å². The minimum absolute atomic E-state index is 0.122. The largest absolute Gasteiger partial charge is 0.393 e. The maximum atomic E-state index is 9.44. The highest BCUT2D eigenvalue weighted by Crippen LogP contribution is 2.21. The Balaban J connectivity index is 2.20. The van der Waals surface area contributed by atoms with Gasteiger partial charge in [-0.15, -0.1) is 11.3 Å². The number of hydrogen-bond donors (Lipinski definition) is 2. The fraction of sp³-hybridized carbons (Fsp3) is 0.692. The zero-order valence-corrected chi connectivity index (χ0v) is 11.1. The maximum Gasteiger partial charge on any atom is 0.0538 e. The Morgan fingerprint density at radius 3 is 2.75 bits per heavy atom. The van der Waals surface area contributed by atoms with Crippen molar-refractivity contribution in [1.82, 2.24) is 5.32 Å². The second kappa shape index (κ2) is 7.82. The smallest absolute Gasteiger partial charge is 0.0538 e. The van der Waals surface area contributed by atoms with Crippen LogP contribution >= 0.6 is 11.3 Å². The van der Waals surface area contributed by atoms with Crippen LogP contribution in [0.25, 0.3) is 0 Å². The van der Waals surface area contributed by atoms with E-state index in [4.69, 9.17) is 0 Å². The minimum Gasteiger partial charge on any atom is -0.393 e. The summed E-state index contributed by atoms with van der Waals surface area (Å²) >= 11 is 1.81. The fourth-order valence-electron chi connectivity index (χ4n) is 1.75. The third-order valence-electron chi connectivity index (χ3n) is 2.87. The third kappa shape index (κ3) is 4.64. The van der Waals surface area contributed by atoms with Gasteiger partial charge in [0.15, 0.2) is 0 Å². The van der Waals surface area contributed by atoms with Crippen LogP contribution in [0.3, 0.4) is 0 Å². The summed E-state index contributed by atoms with van der Waals surface area (Å²) in [5.74, 6) is 0. The Labute approximate surface area is 103 Å². The molecule has 0 saturated heterocycles. The lowest BCUT2D eigenvalue weighted by atomic mass is 10.1. The lowest BCUT2D eigenvalue weighted by Crippen LogP contribution is -2.22. The zero-order chi connectivity index (χ0) is 11.8. The SMILES string of the molecule is CCC(O)CCCNC(CC)c1cccs1. The van der Waals surface area contributed by atoms with E-state index in [0.717, 1.165) is 32.2 Å². The first-order valence-electron chi connectivity index (χ1n) is 6.22. The van der Waals surface area contributed by atoms with Crippen LogP contribution in [0.5, 0.6) is 0 Å². The predicted octanol–water partition coefficient (Wildman–Crippen LogP) is 3.34. The molecule has 1 heterocycles. The molecule has 2 unspecified atom stereocenters. The molecule has 92 valence electrons. The van der Waals surface area contributed by atoms with Crippen LogP contribution < -0.4 is 5.32 Å².